The molecule has 17 heavy (non-hydrogen) atoms. The van der Waals surface area contributed by atoms with Gasteiger partial charge in [-0.25, -0.2) is 13.4 Å². The Hall–Kier alpha value is -0.920. The zero-order valence-electron chi connectivity index (χ0n) is 9.89. The molecule has 0 saturated carbocycles. The van der Waals surface area contributed by atoms with E-state index in [1.54, 1.807) is 0 Å². The molecular formula is C10H18N4O2S. The first-order valence-electron chi connectivity index (χ1n) is 5.77. The Bertz CT molecular complexity index is 435. The van der Waals surface area contributed by atoms with Gasteiger partial charge in [-0.3, -0.25) is 0 Å². The van der Waals surface area contributed by atoms with Crippen LogP contribution in [-0.4, -0.2) is 49.4 Å². The van der Waals surface area contributed by atoms with E-state index >= 15 is 0 Å². The molecule has 1 fully saturated rings. The van der Waals surface area contributed by atoms with Gasteiger partial charge in [0.05, 0.1) is 12.5 Å². The molecule has 2 rings (SSSR count). The van der Waals surface area contributed by atoms with Crippen molar-refractivity contribution in [2.75, 3.05) is 26.7 Å². The third-order valence-corrected chi connectivity index (χ3v) is 4.98. The van der Waals surface area contributed by atoms with Crippen molar-refractivity contribution >= 4 is 10.0 Å². The van der Waals surface area contributed by atoms with Crippen LogP contribution < -0.4 is 5.32 Å². The Morgan fingerprint density at radius 2 is 2.24 bits per heavy atom. The van der Waals surface area contributed by atoms with E-state index < -0.39 is 10.0 Å². The first-order valence-corrected chi connectivity index (χ1v) is 7.21. The van der Waals surface area contributed by atoms with E-state index in [2.05, 4.69) is 15.3 Å². The number of aromatic nitrogens is 2. The van der Waals surface area contributed by atoms with Crippen molar-refractivity contribution in [2.45, 2.75) is 17.9 Å². The Morgan fingerprint density at radius 1 is 1.53 bits per heavy atom. The van der Waals surface area contributed by atoms with E-state index in [1.165, 1.54) is 16.8 Å². The Balaban J connectivity index is 2.01. The molecule has 2 N–H and O–H groups in total. The van der Waals surface area contributed by atoms with Crippen LogP contribution in [0.3, 0.4) is 0 Å². The standard InChI is InChI=1S/C10H18N4O2S/c1-11-6-9-2-4-14(5-3-9)17(15,16)10-7-12-8-13-10/h7-9,11H,2-6H2,1H3,(H,12,13). The lowest BCUT2D eigenvalue weighted by Crippen LogP contribution is -2.40. The fourth-order valence-corrected chi connectivity index (χ4v) is 3.53. The summed E-state index contributed by atoms with van der Waals surface area (Å²) in [5.74, 6) is 0.577. The fraction of sp³-hybridized carbons (Fsp3) is 0.700. The first-order chi connectivity index (χ1) is 8.14. The summed E-state index contributed by atoms with van der Waals surface area (Å²) < 4.78 is 25.8. The molecule has 1 saturated heterocycles. The molecule has 2 heterocycles. The number of hydrogen-bond acceptors (Lipinski definition) is 4. The number of nitrogens with one attached hydrogen (secondary N) is 2. The second-order valence-corrected chi connectivity index (χ2v) is 6.23. The zero-order valence-corrected chi connectivity index (χ0v) is 10.7. The van der Waals surface area contributed by atoms with Crippen molar-refractivity contribution in [1.29, 1.82) is 0 Å². The first kappa shape index (κ1) is 12.5. The lowest BCUT2D eigenvalue weighted by Gasteiger charge is -2.30. The highest BCUT2D eigenvalue weighted by molar-refractivity contribution is 7.89. The number of imidazole rings is 1. The van der Waals surface area contributed by atoms with Gasteiger partial charge >= 0.3 is 0 Å². The molecule has 1 aliphatic rings. The van der Waals surface area contributed by atoms with E-state index in [0.717, 1.165) is 19.4 Å². The Morgan fingerprint density at radius 3 is 2.76 bits per heavy atom. The molecule has 0 aliphatic carbocycles. The lowest BCUT2D eigenvalue weighted by molar-refractivity contribution is 0.270. The van der Waals surface area contributed by atoms with Gasteiger partial charge in [-0.15, -0.1) is 0 Å². The molecule has 0 amide bonds. The average Bonchev–Trinajstić information content (AvgIpc) is 2.84. The Kier molecular flexibility index (Phi) is 3.80. The second-order valence-electron chi connectivity index (χ2n) is 4.32. The molecule has 0 radical (unpaired) electrons. The van der Waals surface area contributed by atoms with Crippen molar-refractivity contribution in [3.05, 3.63) is 12.5 Å². The summed E-state index contributed by atoms with van der Waals surface area (Å²) in [6.07, 6.45) is 4.57. The smallest absolute Gasteiger partial charge is 0.260 e. The van der Waals surface area contributed by atoms with Crippen LogP contribution in [0.4, 0.5) is 0 Å². The second kappa shape index (κ2) is 5.16. The van der Waals surface area contributed by atoms with Crippen molar-refractivity contribution in [3.63, 3.8) is 0 Å². The number of nitrogens with zero attached hydrogens (tertiary/aromatic N) is 2. The summed E-state index contributed by atoms with van der Waals surface area (Å²) >= 11 is 0. The maximum absolute atomic E-state index is 12.2. The molecular weight excluding hydrogens is 240 g/mol. The highest BCUT2D eigenvalue weighted by atomic mass is 32.2. The molecule has 96 valence electrons. The van der Waals surface area contributed by atoms with E-state index in [4.69, 9.17) is 0 Å². The molecule has 1 aromatic rings. The third kappa shape index (κ3) is 2.67. The largest absolute Gasteiger partial charge is 0.335 e. The van der Waals surface area contributed by atoms with Gasteiger partial charge < -0.3 is 10.3 Å². The van der Waals surface area contributed by atoms with Crippen LogP contribution in [0.25, 0.3) is 0 Å². The van der Waals surface area contributed by atoms with E-state index in [1.807, 2.05) is 7.05 Å². The molecule has 0 bridgehead atoms. The minimum Gasteiger partial charge on any atom is -0.335 e. The zero-order chi connectivity index (χ0) is 12.3. The lowest BCUT2D eigenvalue weighted by atomic mass is 9.98. The van der Waals surface area contributed by atoms with E-state index in [0.29, 0.717) is 19.0 Å². The molecule has 0 aromatic carbocycles. The minimum absolute atomic E-state index is 0.185. The van der Waals surface area contributed by atoms with Gasteiger partial charge in [-0.2, -0.15) is 4.31 Å². The van der Waals surface area contributed by atoms with E-state index in [9.17, 15) is 8.42 Å². The van der Waals surface area contributed by atoms with Gasteiger partial charge in [0.25, 0.3) is 10.0 Å². The van der Waals surface area contributed by atoms with Gasteiger partial charge in [0.1, 0.15) is 0 Å². The molecule has 0 spiro atoms. The van der Waals surface area contributed by atoms with Gasteiger partial charge in [-0.1, -0.05) is 0 Å². The van der Waals surface area contributed by atoms with Crippen molar-refractivity contribution in [2.24, 2.45) is 5.92 Å². The van der Waals surface area contributed by atoms with Gasteiger partial charge in [0.15, 0.2) is 5.03 Å². The number of aromatic amines is 1. The quantitative estimate of drug-likeness (QED) is 0.798. The molecule has 6 nitrogen and oxygen atoms in total. The summed E-state index contributed by atoms with van der Waals surface area (Å²) in [4.78, 5) is 6.41. The van der Waals surface area contributed by atoms with Crippen LogP contribution >= 0.6 is 0 Å². The van der Waals surface area contributed by atoms with Crippen LogP contribution in [0, 0.1) is 5.92 Å². The summed E-state index contributed by atoms with van der Waals surface area (Å²) in [5, 5.41) is 3.32. The SMILES string of the molecule is CNCC1CCN(S(=O)(=O)c2cnc[nH]2)CC1. The van der Waals surface area contributed by atoms with Gasteiger partial charge in [0.2, 0.25) is 0 Å². The molecule has 1 aromatic heterocycles. The predicted octanol–water partition coefficient (Wildman–Crippen LogP) is 0.0298. The van der Waals surface area contributed by atoms with Crippen LogP contribution in [0.2, 0.25) is 0 Å². The van der Waals surface area contributed by atoms with Gasteiger partial charge in [0, 0.05) is 13.1 Å². The normalized spacial score (nSPS) is 19.6. The maximum Gasteiger partial charge on any atom is 0.260 e. The Labute approximate surface area is 101 Å². The molecule has 0 atom stereocenters. The van der Waals surface area contributed by atoms with Crippen molar-refractivity contribution in [3.8, 4) is 0 Å². The number of H-pyrrole nitrogens is 1. The predicted molar refractivity (Wildman–Crippen MR) is 64.0 cm³/mol. The molecule has 7 heteroatoms. The fourth-order valence-electron chi connectivity index (χ4n) is 2.17. The van der Waals surface area contributed by atoms with Crippen LogP contribution in [0.5, 0.6) is 0 Å². The summed E-state index contributed by atoms with van der Waals surface area (Å²) in [6.45, 7) is 2.14. The number of piperidine rings is 1. The number of sulfonamides is 1. The number of rotatable bonds is 4. The summed E-state index contributed by atoms with van der Waals surface area (Å²) in [6, 6.07) is 0. The van der Waals surface area contributed by atoms with Crippen LogP contribution in [-0.2, 0) is 10.0 Å². The minimum atomic E-state index is -3.36. The third-order valence-electron chi connectivity index (χ3n) is 3.16. The topological polar surface area (TPSA) is 78.1 Å². The number of hydrogen-bond donors (Lipinski definition) is 2. The van der Waals surface area contributed by atoms with Gasteiger partial charge in [-0.05, 0) is 32.4 Å². The van der Waals surface area contributed by atoms with Crippen LogP contribution in [0.15, 0.2) is 17.6 Å². The average molecular weight is 258 g/mol. The van der Waals surface area contributed by atoms with E-state index in [-0.39, 0.29) is 5.03 Å². The van der Waals surface area contributed by atoms with Crippen molar-refractivity contribution in [1.82, 2.24) is 19.6 Å². The summed E-state index contributed by atoms with van der Waals surface area (Å²) in [5.41, 5.74) is 0. The highest BCUT2D eigenvalue weighted by Gasteiger charge is 2.29. The molecule has 0 unspecified atom stereocenters. The monoisotopic (exact) mass is 258 g/mol. The highest BCUT2D eigenvalue weighted by Crippen LogP contribution is 2.21. The van der Waals surface area contributed by atoms with Crippen molar-refractivity contribution < 1.29 is 8.42 Å². The maximum atomic E-state index is 12.2. The summed E-state index contributed by atoms with van der Waals surface area (Å²) in [7, 11) is -1.44. The molecule has 1 aliphatic heterocycles. The van der Waals surface area contributed by atoms with Crippen LogP contribution in [0.1, 0.15) is 12.8 Å².